The molecule has 2 aliphatic heterocycles. The van der Waals surface area contributed by atoms with Crippen molar-refractivity contribution in [3.8, 4) is 0 Å². The van der Waals surface area contributed by atoms with E-state index in [1.807, 2.05) is 0 Å². The smallest absolute Gasteiger partial charge is 0.224 e. The molecule has 2 fully saturated rings. The van der Waals surface area contributed by atoms with Gasteiger partial charge in [0.05, 0.1) is 5.92 Å². The Morgan fingerprint density at radius 2 is 2.18 bits per heavy atom. The van der Waals surface area contributed by atoms with E-state index in [-0.39, 0.29) is 36.6 Å². The largest absolute Gasteiger partial charge is 0.354 e. The van der Waals surface area contributed by atoms with Gasteiger partial charge in [0.1, 0.15) is 0 Å². The van der Waals surface area contributed by atoms with Crippen LogP contribution in [0.2, 0.25) is 0 Å². The van der Waals surface area contributed by atoms with Gasteiger partial charge in [0, 0.05) is 19.1 Å². The molecular weight excluding hydrogens is 261 g/mol. The second kappa shape index (κ2) is 8.14. The monoisotopic (exact) mass is 283 g/mol. The maximum absolute atomic E-state index is 11.7. The van der Waals surface area contributed by atoms with Crippen LogP contribution in [0.3, 0.4) is 0 Å². The Morgan fingerprint density at radius 3 is 2.71 bits per heavy atom. The minimum atomic E-state index is 0. The molecule has 0 spiro atoms. The van der Waals surface area contributed by atoms with Crippen molar-refractivity contribution in [2.75, 3.05) is 33.2 Å². The van der Waals surface area contributed by atoms with Gasteiger partial charge in [-0.15, -0.1) is 24.8 Å². The second-order valence-electron chi connectivity index (χ2n) is 4.71. The van der Waals surface area contributed by atoms with Gasteiger partial charge in [0.15, 0.2) is 0 Å². The lowest BCUT2D eigenvalue weighted by Gasteiger charge is -2.20. The number of hydrogen-bond acceptors (Lipinski definition) is 3. The lowest BCUT2D eigenvalue weighted by atomic mass is 10.1. The molecule has 102 valence electrons. The molecule has 6 heteroatoms. The predicted molar refractivity (Wildman–Crippen MR) is 74.1 cm³/mol. The zero-order chi connectivity index (χ0) is 10.7. The molecule has 0 bridgehead atoms. The SMILES string of the molecule is CN1CCCC1CNC(=O)C1CCNC1.Cl.Cl. The first-order valence-corrected chi connectivity index (χ1v) is 5.96. The van der Waals surface area contributed by atoms with Crippen LogP contribution in [0.15, 0.2) is 0 Å². The Morgan fingerprint density at radius 1 is 1.41 bits per heavy atom. The van der Waals surface area contributed by atoms with Crippen LogP contribution >= 0.6 is 24.8 Å². The third kappa shape index (κ3) is 4.62. The minimum absolute atomic E-state index is 0. The number of hydrogen-bond donors (Lipinski definition) is 2. The van der Waals surface area contributed by atoms with Gasteiger partial charge in [-0.1, -0.05) is 0 Å². The van der Waals surface area contributed by atoms with E-state index in [1.54, 1.807) is 0 Å². The van der Waals surface area contributed by atoms with Crippen molar-refractivity contribution in [2.45, 2.75) is 25.3 Å². The Balaban J connectivity index is 0.00000128. The molecule has 2 saturated heterocycles. The Hall–Kier alpha value is -0.0300. The van der Waals surface area contributed by atoms with Crippen molar-refractivity contribution < 1.29 is 4.79 Å². The zero-order valence-electron chi connectivity index (χ0n) is 10.3. The van der Waals surface area contributed by atoms with E-state index in [4.69, 9.17) is 0 Å². The number of carbonyl (C=O) groups excluding carboxylic acids is 1. The number of halogens is 2. The van der Waals surface area contributed by atoms with Crippen LogP contribution in [0.1, 0.15) is 19.3 Å². The summed E-state index contributed by atoms with van der Waals surface area (Å²) in [6.45, 7) is 3.84. The maximum Gasteiger partial charge on any atom is 0.224 e. The van der Waals surface area contributed by atoms with E-state index < -0.39 is 0 Å². The Labute approximate surface area is 116 Å². The highest BCUT2D eigenvalue weighted by atomic mass is 35.5. The highest BCUT2D eigenvalue weighted by Gasteiger charge is 2.25. The van der Waals surface area contributed by atoms with Crippen LogP contribution in [-0.2, 0) is 4.79 Å². The fraction of sp³-hybridized carbons (Fsp3) is 0.909. The molecule has 2 N–H and O–H groups in total. The van der Waals surface area contributed by atoms with E-state index in [2.05, 4.69) is 22.6 Å². The highest BCUT2D eigenvalue weighted by Crippen LogP contribution is 2.14. The van der Waals surface area contributed by atoms with Gasteiger partial charge in [0.25, 0.3) is 0 Å². The van der Waals surface area contributed by atoms with Crippen molar-refractivity contribution in [3.63, 3.8) is 0 Å². The predicted octanol–water partition coefficient (Wildman–Crippen LogP) is 0.650. The number of likely N-dealkylation sites (N-methyl/N-ethyl adjacent to an activating group) is 1. The summed E-state index contributed by atoms with van der Waals surface area (Å²) in [6.07, 6.45) is 3.48. The van der Waals surface area contributed by atoms with Gasteiger partial charge in [-0.05, 0) is 39.4 Å². The first-order valence-electron chi connectivity index (χ1n) is 5.96. The summed E-state index contributed by atoms with van der Waals surface area (Å²) < 4.78 is 0. The number of carbonyl (C=O) groups is 1. The molecule has 0 aromatic rings. The van der Waals surface area contributed by atoms with Gasteiger partial charge in [-0.3, -0.25) is 4.79 Å². The summed E-state index contributed by atoms with van der Waals surface area (Å²) in [7, 11) is 2.14. The van der Waals surface area contributed by atoms with E-state index in [0.29, 0.717) is 6.04 Å². The number of likely N-dealkylation sites (tertiary alicyclic amines) is 1. The van der Waals surface area contributed by atoms with E-state index in [9.17, 15) is 4.79 Å². The van der Waals surface area contributed by atoms with Crippen molar-refractivity contribution in [1.82, 2.24) is 15.5 Å². The summed E-state index contributed by atoms with van der Waals surface area (Å²) in [5.74, 6) is 0.442. The van der Waals surface area contributed by atoms with Gasteiger partial charge >= 0.3 is 0 Å². The van der Waals surface area contributed by atoms with Gasteiger partial charge in [-0.2, -0.15) is 0 Å². The topological polar surface area (TPSA) is 44.4 Å². The first kappa shape index (κ1) is 17.0. The van der Waals surface area contributed by atoms with Gasteiger partial charge in [0.2, 0.25) is 5.91 Å². The second-order valence-corrected chi connectivity index (χ2v) is 4.71. The highest BCUT2D eigenvalue weighted by molar-refractivity contribution is 5.85. The lowest BCUT2D eigenvalue weighted by molar-refractivity contribution is -0.124. The van der Waals surface area contributed by atoms with Crippen LogP contribution in [-0.4, -0.2) is 50.1 Å². The zero-order valence-corrected chi connectivity index (χ0v) is 11.9. The maximum atomic E-state index is 11.7. The molecule has 2 heterocycles. The molecule has 2 atom stereocenters. The molecule has 2 unspecified atom stereocenters. The molecule has 0 aliphatic carbocycles. The third-order valence-corrected chi connectivity index (χ3v) is 3.61. The molecule has 1 amide bonds. The Bertz CT molecular complexity index is 235. The van der Waals surface area contributed by atoms with Crippen LogP contribution < -0.4 is 10.6 Å². The molecule has 0 aromatic heterocycles. The summed E-state index contributed by atoms with van der Waals surface area (Å²) in [5.41, 5.74) is 0. The van der Waals surface area contributed by atoms with E-state index in [1.165, 1.54) is 19.4 Å². The minimum Gasteiger partial charge on any atom is -0.354 e. The molecule has 17 heavy (non-hydrogen) atoms. The van der Waals surface area contributed by atoms with Crippen molar-refractivity contribution in [2.24, 2.45) is 5.92 Å². The number of rotatable bonds is 3. The molecule has 4 nitrogen and oxygen atoms in total. The molecule has 0 saturated carbocycles. The summed E-state index contributed by atoms with van der Waals surface area (Å²) in [4.78, 5) is 14.1. The van der Waals surface area contributed by atoms with E-state index >= 15 is 0 Å². The number of nitrogens with one attached hydrogen (secondary N) is 2. The van der Waals surface area contributed by atoms with Crippen LogP contribution in [0.4, 0.5) is 0 Å². The fourth-order valence-corrected chi connectivity index (χ4v) is 2.48. The van der Waals surface area contributed by atoms with Crippen molar-refractivity contribution in [1.29, 1.82) is 0 Å². The van der Waals surface area contributed by atoms with Gasteiger partial charge < -0.3 is 15.5 Å². The molecule has 0 radical (unpaired) electrons. The van der Waals surface area contributed by atoms with Crippen molar-refractivity contribution >= 4 is 30.7 Å². The lowest BCUT2D eigenvalue weighted by Crippen LogP contribution is -2.41. The standard InChI is InChI=1S/C11H21N3O.2ClH/c1-14-6-2-3-10(14)8-13-11(15)9-4-5-12-7-9;;/h9-10,12H,2-8H2,1H3,(H,13,15);2*1H. The average Bonchev–Trinajstić information content (AvgIpc) is 2.85. The van der Waals surface area contributed by atoms with Crippen LogP contribution in [0.25, 0.3) is 0 Å². The molecule has 2 rings (SSSR count). The number of amides is 1. The molecular formula is C11H23Cl2N3O. The number of nitrogens with zero attached hydrogens (tertiary/aromatic N) is 1. The van der Waals surface area contributed by atoms with Gasteiger partial charge in [-0.25, -0.2) is 0 Å². The summed E-state index contributed by atoms with van der Waals surface area (Å²) >= 11 is 0. The quantitative estimate of drug-likeness (QED) is 0.800. The Kier molecular flexibility index (Phi) is 8.12. The fourth-order valence-electron chi connectivity index (χ4n) is 2.48. The average molecular weight is 284 g/mol. The van der Waals surface area contributed by atoms with Crippen LogP contribution in [0, 0.1) is 5.92 Å². The molecule has 2 aliphatic rings. The summed E-state index contributed by atoms with van der Waals surface area (Å²) in [6, 6.07) is 0.559. The molecule has 0 aromatic carbocycles. The third-order valence-electron chi connectivity index (χ3n) is 3.61. The normalized spacial score (nSPS) is 28.3. The summed E-state index contributed by atoms with van der Waals surface area (Å²) in [5, 5.41) is 6.30. The van der Waals surface area contributed by atoms with Crippen molar-refractivity contribution in [3.05, 3.63) is 0 Å². The first-order chi connectivity index (χ1) is 7.27. The van der Waals surface area contributed by atoms with Crippen LogP contribution in [0.5, 0.6) is 0 Å². The van der Waals surface area contributed by atoms with E-state index in [0.717, 1.165) is 26.1 Å².